The Morgan fingerprint density at radius 3 is 2.47 bits per heavy atom. The summed E-state index contributed by atoms with van der Waals surface area (Å²) in [4.78, 5) is 12.7. The first-order valence-corrected chi connectivity index (χ1v) is 7.12. The summed E-state index contributed by atoms with van der Waals surface area (Å²) in [7, 11) is 0. The van der Waals surface area contributed by atoms with Crippen LogP contribution in [-0.2, 0) is 0 Å². The lowest BCUT2D eigenvalue weighted by atomic mass is 9.77. The summed E-state index contributed by atoms with van der Waals surface area (Å²) < 4.78 is 5.73. The Kier molecular flexibility index (Phi) is 4.25. The van der Waals surface area contributed by atoms with Gasteiger partial charge in [0, 0.05) is 0 Å². The Hall–Kier alpha value is -1.35. The Labute approximate surface area is 115 Å². The first kappa shape index (κ1) is 14.1. The second-order valence-electron chi connectivity index (χ2n) is 5.71. The summed E-state index contributed by atoms with van der Waals surface area (Å²) in [5.41, 5.74) is 6.26. The first-order chi connectivity index (χ1) is 9.03. The summed E-state index contributed by atoms with van der Waals surface area (Å²) >= 11 is 0. The van der Waals surface area contributed by atoms with E-state index < -0.39 is 5.54 Å². The number of hydrogen-bond acceptors (Lipinski definition) is 3. The third-order valence-corrected chi connectivity index (χ3v) is 3.69. The molecule has 0 spiro atoms. The lowest BCUT2D eigenvalue weighted by Crippen LogP contribution is -2.49. The molecule has 1 aliphatic rings. The minimum atomic E-state index is -0.700. The van der Waals surface area contributed by atoms with Crippen LogP contribution in [0.3, 0.4) is 0 Å². The number of hydrogen-bond donors (Lipinski definition) is 1. The van der Waals surface area contributed by atoms with E-state index in [-0.39, 0.29) is 11.9 Å². The first-order valence-electron chi connectivity index (χ1n) is 7.12. The maximum Gasteiger partial charge on any atom is 0.186 e. The smallest absolute Gasteiger partial charge is 0.186 e. The van der Waals surface area contributed by atoms with Crippen molar-refractivity contribution in [3.05, 3.63) is 29.8 Å². The molecular weight excluding hydrogens is 238 g/mol. The van der Waals surface area contributed by atoms with Gasteiger partial charge in [-0.05, 0) is 38.8 Å². The number of rotatable bonds is 4. The number of ether oxygens (including phenoxy) is 1. The van der Waals surface area contributed by atoms with Crippen molar-refractivity contribution >= 4 is 5.78 Å². The van der Waals surface area contributed by atoms with Gasteiger partial charge < -0.3 is 10.5 Å². The van der Waals surface area contributed by atoms with E-state index in [1.807, 2.05) is 38.1 Å². The zero-order chi connectivity index (χ0) is 13.9. The van der Waals surface area contributed by atoms with Crippen LogP contribution in [0, 0.1) is 0 Å². The van der Waals surface area contributed by atoms with Crippen LogP contribution in [0.1, 0.15) is 56.3 Å². The van der Waals surface area contributed by atoms with Crippen LogP contribution in [0.4, 0.5) is 0 Å². The molecule has 0 radical (unpaired) electrons. The van der Waals surface area contributed by atoms with Crippen LogP contribution in [0.15, 0.2) is 24.3 Å². The third-order valence-electron chi connectivity index (χ3n) is 3.69. The monoisotopic (exact) mass is 261 g/mol. The predicted octanol–water partition coefficient (Wildman–Crippen LogP) is 3.32. The molecule has 1 aromatic carbocycles. The van der Waals surface area contributed by atoms with Crippen molar-refractivity contribution in [2.75, 3.05) is 0 Å². The van der Waals surface area contributed by atoms with E-state index in [1.54, 1.807) is 0 Å². The largest absolute Gasteiger partial charge is 0.490 e. The molecule has 104 valence electrons. The Bertz CT molecular complexity index is 448. The van der Waals surface area contributed by atoms with Crippen molar-refractivity contribution < 1.29 is 9.53 Å². The normalized spacial score (nSPS) is 18.3. The van der Waals surface area contributed by atoms with E-state index in [2.05, 4.69) is 0 Å². The third kappa shape index (κ3) is 3.16. The molecular formula is C16H23NO2. The number of carbonyl (C=O) groups is 1. The van der Waals surface area contributed by atoms with Crippen molar-refractivity contribution in [3.63, 3.8) is 0 Å². The molecule has 0 atom stereocenters. The lowest BCUT2D eigenvalue weighted by molar-refractivity contribution is 0.0842. The molecule has 2 N–H and O–H groups in total. The van der Waals surface area contributed by atoms with Crippen molar-refractivity contribution in [2.24, 2.45) is 5.73 Å². The molecule has 1 aromatic rings. The molecule has 1 aliphatic carbocycles. The van der Waals surface area contributed by atoms with Crippen LogP contribution in [0.5, 0.6) is 5.75 Å². The molecule has 0 heterocycles. The SMILES string of the molecule is CC(C)Oc1ccccc1C(=O)C1(N)CCCCC1. The van der Waals surface area contributed by atoms with Crippen LogP contribution < -0.4 is 10.5 Å². The lowest BCUT2D eigenvalue weighted by Gasteiger charge is -2.32. The fourth-order valence-electron chi connectivity index (χ4n) is 2.69. The summed E-state index contributed by atoms with van der Waals surface area (Å²) in [6.07, 6.45) is 4.86. The molecule has 0 amide bonds. The quantitative estimate of drug-likeness (QED) is 0.846. The number of carbonyl (C=O) groups excluding carboxylic acids is 1. The van der Waals surface area contributed by atoms with Gasteiger partial charge in [0.25, 0.3) is 0 Å². The van der Waals surface area contributed by atoms with Crippen molar-refractivity contribution in [1.29, 1.82) is 0 Å². The zero-order valence-corrected chi connectivity index (χ0v) is 11.8. The van der Waals surface area contributed by atoms with Gasteiger partial charge in [0.15, 0.2) is 5.78 Å². The highest BCUT2D eigenvalue weighted by molar-refractivity contribution is 6.05. The summed E-state index contributed by atoms with van der Waals surface area (Å²) in [5.74, 6) is 0.682. The summed E-state index contributed by atoms with van der Waals surface area (Å²) in [5, 5.41) is 0. The van der Waals surface area contributed by atoms with Crippen molar-refractivity contribution in [2.45, 2.75) is 57.6 Å². The van der Waals surface area contributed by atoms with Crippen LogP contribution >= 0.6 is 0 Å². The Balaban J connectivity index is 2.27. The van der Waals surface area contributed by atoms with E-state index in [1.165, 1.54) is 6.42 Å². The predicted molar refractivity (Wildman–Crippen MR) is 76.5 cm³/mol. The standard InChI is InChI=1S/C16H23NO2/c1-12(2)19-14-9-5-4-8-13(14)15(18)16(17)10-6-3-7-11-16/h4-5,8-9,12H,3,6-7,10-11,17H2,1-2H3. The van der Waals surface area contributed by atoms with E-state index in [9.17, 15) is 4.79 Å². The molecule has 2 rings (SSSR count). The van der Waals surface area contributed by atoms with Crippen LogP contribution in [0.2, 0.25) is 0 Å². The number of para-hydroxylation sites is 1. The average molecular weight is 261 g/mol. The van der Waals surface area contributed by atoms with Gasteiger partial charge in [0.2, 0.25) is 0 Å². The van der Waals surface area contributed by atoms with Crippen molar-refractivity contribution in [1.82, 2.24) is 0 Å². The molecule has 0 bridgehead atoms. The van der Waals surface area contributed by atoms with Gasteiger partial charge in [0.05, 0.1) is 17.2 Å². The molecule has 1 fully saturated rings. The van der Waals surface area contributed by atoms with E-state index in [0.717, 1.165) is 25.7 Å². The van der Waals surface area contributed by atoms with Crippen LogP contribution in [0.25, 0.3) is 0 Å². The van der Waals surface area contributed by atoms with Gasteiger partial charge in [-0.2, -0.15) is 0 Å². The number of nitrogens with two attached hydrogens (primary N) is 1. The second kappa shape index (κ2) is 5.74. The molecule has 3 nitrogen and oxygen atoms in total. The van der Waals surface area contributed by atoms with Crippen LogP contribution in [-0.4, -0.2) is 17.4 Å². The van der Waals surface area contributed by atoms with Crippen molar-refractivity contribution in [3.8, 4) is 5.75 Å². The second-order valence-corrected chi connectivity index (χ2v) is 5.71. The fraction of sp³-hybridized carbons (Fsp3) is 0.562. The maximum absolute atomic E-state index is 12.7. The van der Waals surface area contributed by atoms with Gasteiger partial charge >= 0.3 is 0 Å². The molecule has 0 unspecified atom stereocenters. The summed E-state index contributed by atoms with van der Waals surface area (Å²) in [6.45, 7) is 3.92. The van der Waals surface area contributed by atoms with Gasteiger partial charge in [-0.1, -0.05) is 31.4 Å². The van der Waals surface area contributed by atoms with Gasteiger partial charge in [-0.15, -0.1) is 0 Å². The summed E-state index contributed by atoms with van der Waals surface area (Å²) in [6, 6.07) is 7.42. The minimum absolute atomic E-state index is 0.0310. The van der Waals surface area contributed by atoms with E-state index in [0.29, 0.717) is 11.3 Å². The number of ketones is 1. The highest BCUT2D eigenvalue weighted by atomic mass is 16.5. The van der Waals surface area contributed by atoms with E-state index in [4.69, 9.17) is 10.5 Å². The number of Topliss-reactive ketones (excluding diaryl/α,β-unsaturated/α-hetero) is 1. The molecule has 19 heavy (non-hydrogen) atoms. The molecule has 0 saturated heterocycles. The molecule has 3 heteroatoms. The minimum Gasteiger partial charge on any atom is -0.490 e. The van der Waals surface area contributed by atoms with Gasteiger partial charge in [-0.25, -0.2) is 0 Å². The van der Waals surface area contributed by atoms with E-state index >= 15 is 0 Å². The number of benzene rings is 1. The molecule has 0 aromatic heterocycles. The Morgan fingerprint density at radius 1 is 1.21 bits per heavy atom. The zero-order valence-electron chi connectivity index (χ0n) is 11.8. The van der Waals surface area contributed by atoms with Gasteiger partial charge in [-0.3, -0.25) is 4.79 Å². The average Bonchev–Trinajstić information content (AvgIpc) is 2.39. The Morgan fingerprint density at radius 2 is 1.84 bits per heavy atom. The topological polar surface area (TPSA) is 52.3 Å². The van der Waals surface area contributed by atoms with Gasteiger partial charge in [0.1, 0.15) is 5.75 Å². The maximum atomic E-state index is 12.7. The highest BCUT2D eigenvalue weighted by Gasteiger charge is 2.37. The molecule has 1 saturated carbocycles. The molecule has 0 aliphatic heterocycles. The highest BCUT2D eigenvalue weighted by Crippen LogP contribution is 2.32. The fourth-order valence-corrected chi connectivity index (χ4v) is 2.69.